The predicted molar refractivity (Wildman–Crippen MR) is 114 cm³/mol. The fraction of sp³-hybridized carbons (Fsp3) is 0.409. The van der Waals surface area contributed by atoms with E-state index >= 15 is 0 Å². The number of rotatable bonds is 5. The molecule has 2 aromatic rings. The van der Waals surface area contributed by atoms with Crippen molar-refractivity contribution in [2.45, 2.75) is 51.0 Å². The predicted octanol–water partition coefficient (Wildman–Crippen LogP) is 2.33. The van der Waals surface area contributed by atoms with Crippen molar-refractivity contribution in [1.82, 2.24) is 20.2 Å². The van der Waals surface area contributed by atoms with Crippen molar-refractivity contribution in [3.63, 3.8) is 0 Å². The number of amides is 4. The van der Waals surface area contributed by atoms with E-state index in [1.54, 1.807) is 31.2 Å². The van der Waals surface area contributed by atoms with Crippen molar-refractivity contribution in [2.24, 2.45) is 0 Å². The number of carbonyl (C=O) groups excluding carboxylic acids is 3. The molecule has 3 N–H and O–H groups in total. The van der Waals surface area contributed by atoms with Gasteiger partial charge in [-0.25, -0.2) is 9.78 Å². The van der Waals surface area contributed by atoms with Crippen LogP contribution in [0, 0.1) is 6.92 Å². The Morgan fingerprint density at radius 1 is 1.16 bits per heavy atom. The van der Waals surface area contributed by atoms with Gasteiger partial charge in [0.25, 0.3) is 11.5 Å². The normalized spacial score (nSPS) is 17.6. The molecule has 1 saturated heterocycles. The number of anilines is 1. The second kappa shape index (κ2) is 8.33. The summed E-state index contributed by atoms with van der Waals surface area (Å²) in [5.74, 6) is -0.118. The highest BCUT2D eigenvalue weighted by atomic mass is 16.2. The first kappa shape index (κ1) is 20.8. The third kappa shape index (κ3) is 4.35. The monoisotopic (exact) mass is 423 g/mol. The van der Waals surface area contributed by atoms with Gasteiger partial charge in [0, 0.05) is 36.0 Å². The van der Waals surface area contributed by atoms with Crippen LogP contribution in [0.2, 0.25) is 0 Å². The summed E-state index contributed by atoms with van der Waals surface area (Å²) in [6, 6.07) is 7.95. The van der Waals surface area contributed by atoms with E-state index in [0.29, 0.717) is 35.6 Å². The summed E-state index contributed by atoms with van der Waals surface area (Å²) in [4.78, 5) is 57.4. The van der Waals surface area contributed by atoms with Crippen LogP contribution in [0.25, 0.3) is 11.4 Å². The van der Waals surface area contributed by atoms with Gasteiger partial charge in [-0.15, -0.1) is 0 Å². The average molecular weight is 423 g/mol. The second-order valence-electron chi connectivity index (χ2n) is 8.14. The summed E-state index contributed by atoms with van der Waals surface area (Å²) in [5.41, 5.74) is 0.760. The van der Waals surface area contributed by atoms with Gasteiger partial charge in [0.15, 0.2) is 0 Å². The number of benzene rings is 1. The molecule has 2 heterocycles. The van der Waals surface area contributed by atoms with Crippen LogP contribution in [-0.2, 0) is 9.59 Å². The van der Waals surface area contributed by atoms with Crippen molar-refractivity contribution in [1.29, 1.82) is 0 Å². The molecule has 31 heavy (non-hydrogen) atoms. The number of nitrogens with one attached hydrogen (secondary N) is 3. The molecule has 2 fully saturated rings. The van der Waals surface area contributed by atoms with E-state index in [4.69, 9.17) is 0 Å². The zero-order valence-corrected chi connectivity index (χ0v) is 17.4. The van der Waals surface area contributed by atoms with Crippen LogP contribution in [0.4, 0.5) is 10.5 Å². The lowest BCUT2D eigenvalue weighted by Crippen LogP contribution is -2.48. The van der Waals surface area contributed by atoms with E-state index in [2.05, 4.69) is 20.6 Å². The maximum Gasteiger partial charge on any atom is 0.325 e. The number of H-pyrrole nitrogens is 1. The maximum absolute atomic E-state index is 12.8. The van der Waals surface area contributed by atoms with Crippen LogP contribution >= 0.6 is 0 Å². The number of aromatic amines is 1. The number of nitrogens with zero attached hydrogens (tertiary/aromatic N) is 2. The van der Waals surface area contributed by atoms with Crippen molar-refractivity contribution in [2.75, 3.05) is 11.9 Å². The molecule has 9 heteroatoms. The van der Waals surface area contributed by atoms with Gasteiger partial charge < -0.3 is 15.6 Å². The Balaban J connectivity index is 1.39. The Morgan fingerprint density at radius 3 is 2.68 bits per heavy atom. The smallest absolute Gasteiger partial charge is 0.325 e. The number of hydrogen-bond donors (Lipinski definition) is 3. The van der Waals surface area contributed by atoms with Gasteiger partial charge in [-0.1, -0.05) is 31.4 Å². The van der Waals surface area contributed by atoms with E-state index in [0.717, 1.165) is 24.2 Å². The molecular formula is C22H25N5O4. The molecule has 4 rings (SSSR count). The van der Waals surface area contributed by atoms with E-state index in [1.807, 2.05) is 0 Å². The van der Waals surface area contributed by atoms with Gasteiger partial charge in [-0.2, -0.15) is 0 Å². The lowest BCUT2D eigenvalue weighted by molar-refractivity contribution is -0.132. The number of imide groups is 1. The Kier molecular flexibility index (Phi) is 5.58. The first-order valence-electron chi connectivity index (χ1n) is 10.5. The van der Waals surface area contributed by atoms with Crippen LogP contribution < -0.4 is 16.2 Å². The molecular weight excluding hydrogens is 398 g/mol. The first-order valence-corrected chi connectivity index (χ1v) is 10.5. The number of hydrogen-bond acceptors (Lipinski definition) is 5. The minimum absolute atomic E-state index is 0.000996. The van der Waals surface area contributed by atoms with Crippen molar-refractivity contribution >= 4 is 23.5 Å². The van der Waals surface area contributed by atoms with Crippen LogP contribution in [0.5, 0.6) is 0 Å². The highest BCUT2D eigenvalue weighted by Gasteiger charge is 2.51. The Morgan fingerprint density at radius 2 is 1.94 bits per heavy atom. The summed E-state index contributed by atoms with van der Waals surface area (Å²) in [6.07, 6.45) is 4.21. The molecule has 0 bridgehead atoms. The van der Waals surface area contributed by atoms with Crippen molar-refractivity contribution in [3.05, 3.63) is 46.4 Å². The summed E-state index contributed by atoms with van der Waals surface area (Å²) in [7, 11) is 0. The number of urea groups is 1. The molecule has 1 aliphatic carbocycles. The quantitative estimate of drug-likeness (QED) is 0.637. The molecule has 1 aromatic carbocycles. The second-order valence-corrected chi connectivity index (χ2v) is 8.14. The molecule has 162 valence electrons. The topological polar surface area (TPSA) is 124 Å². The van der Waals surface area contributed by atoms with E-state index in [1.165, 1.54) is 6.07 Å². The SMILES string of the molecule is Cc1cc(=O)[nH]c(-c2cccc(NC(=O)CCN3C(=O)NC4(CCCCC4)C3=O)c2)n1. The number of aromatic nitrogens is 2. The molecule has 0 atom stereocenters. The maximum atomic E-state index is 12.8. The number of aryl methyl sites for hydroxylation is 1. The standard InChI is InChI=1S/C22H25N5O4/c1-14-12-18(29)25-19(23-14)15-6-5-7-16(13-15)24-17(28)8-11-27-20(30)22(26-21(27)31)9-3-2-4-10-22/h5-7,12-13H,2-4,8-11H2,1H3,(H,24,28)(H,26,31)(H,23,25,29). The van der Waals surface area contributed by atoms with Crippen molar-refractivity contribution < 1.29 is 14.4 Å². The first-order chi connectivity index (χ1) is 14.9. The Bertz CT molecular complexity index is 1090. The molecule has 0 radical (unpaired) electrons. The van der Waals surface area contributed by atoms with E-state index in [9.17, 15) is 19.2 Å². The van der Waals surface area contributed by atoms with Crippen molar-refractivity contribution in [3.8, 4) is 11.4 Å². The molecule has 4 amide bonds. The van der Waals surface area contributed by atoms with Crippen LogP contribution in [0.15, 0.2) is 35.1 Å². The lowest BCUT2D eigenvalue weighted by atomic mass is 9.82. The van der Waals surface area contributed by atoms with Crippen LogP contribution in [0.3, 0.4) is 0 Å². The third-order valence-corrected chi connectivity index (χ3v) is 5.80. The van der Waals surface area contributed by atoms with Gasteiger partial charge in [-0.05, 0) is 31.9 Å². The molecule has 1 spiro atoms. The summed E-state index contributed by atoms with van der Waals surface area (Å²) < 4.78 is 0. The molecule has 0 unspecified atom stereocenters. The molecule has 1 saturated carbocycles. The van der Waals surface area contributed by atoms with E-state index in [-0.39, 0.29) is 30.3 Å². The third-order valence-electron chi connectivity index (χ3n) is 5.80. The molecule has 1 aliphatic heterocycles. The van der Waals surface area contributed by atoms with E-state index < -0.39 is 11.6 Å². The molecule has 2 aliphatic rings. The summed E-state index contributed by atoms with van der Waals surface area (Å²) >= 11 is 0. The van der Waals surface area contributed by atoms with Gasteiger partial charge in [-0.3, -0.25) is 19.3 Å². The zero-order valence-electron chi connectivity index (χ0n) is 17.4. The van der Waals surface area contributed by atoms with Gasteiger partial charge in [0.2, 0.25) is 5.91 Å². The van der Waals surface area contributed by atoms with Gasteiger partial charge >= 0.3 is 6.03 Å². The highest BCUT2D eigenvalue weighted by Crippen LogP contribution is 2.33. The summed E-state index contributed by atoms with van der Waals surface area (Å²) in [5, 5.41) is 5.62. The Hall–Kier alpha value is -3.49. The minimum Gasteiger partial charge on any atom is -0.326 e. The van der Waals surface area contributed by atoms with Crippen LogP contribution in [-0.4, -0.2) is 44.8 Å². The van der Waals surface area contributed by atoms with Crippen LogP contribution in [0.1, 0.15) is 44.2 Å². The summed E-state index contributed by atoms with van der Waals surface area (Å²) in [6.45, 7) is 1.77. The fourth-order valence-corrected chi connectivity index (χ4v) is 4.27. The number of carbonyl (C=O) groups is 3. The molecule has 1 aromatic heterocycles. The largest absolute Gasteiger partial charge is 0.326 e. The minimum atomic E-state index is -0.780. The van der Waals surface area contributed by atoms with Gasteiger partial charge in [0.1, 0.15) is 11.4 Å². The zero-order chi connectivity index (χ0) is 22.0. The lowest BCUT2D eigenvalue weighted by Gasteiger charge is -2.30. The van der Waals surface area contributed by atoms with Gasteiger partial charge in [0.05, 0.1) is 0 Å². The molecule has 9 nitrogen and oxygen atoms in total. The highest BCUT2D eigenvalue weighted by molar-refractivity contribution is 6.07. The Labute approximate surface area is 179 Å². The fourth-order valence-electron chi connectivity index (χ4n) is 4.27. The average Bonchev–Trinajstić information content (AvgIpc) is 2.95.